The van der Waals surface area contributed by atoms with E-state index in [0.717, 1.165) is 10.0 Å². The van der Waals surface area contributed by atoms with Crippen molar-refractivity contribution in [1.82, 2.24) is 0 Å². The normalized spacial score (nSPS) is 20.6. The Morgan fingerprint density at radius 3 is 2.50 bits per heavy atom. The minimum atomic E-state index is -0.289. The number of carbonyl (C=O) groups is 1. The van der Waals surface area contributed by atoms with E-state index in [2.05, 4.69) is 25.9 Å². The van der Waals surface area contributed by atoms with Crippen LogP contribution in [-0.2, 0) is 9.63 Å². The van der Waals surface area contributed by atoms with E-state index in [-0.39, 0.29) is 11.9 Å². The molecule has 1 aliphatic heterocycles. The van der Waals surface area contributed by atoms with Crippen LogP contribution in [0.15, 0.2) is 33.9 Å². The fourth-order valence-corrected chi connectivity index (χ4v) is 1.55. The van der Waals surface area contributed by atoms with Gasteiger partial charge in [-0.15, -0.1) is 0 Å². The molecule has 14 heavy (non-hydrogen) atoms. The minimum Gasteiger partial charge on any atom is -0.317 e. The molecule has 0 aromatic heterocycles. The highest BCUT2D eigenvalue weighted by atomic mass is 79.9. The van der Waals surface area contributed by atoms with Crippen molar-refractivity contribution in [2.45, 2.75) is 6.92 Å². The highest BCUT2D eigenvalue weighted by Crippen LogP contribution is 2.19. The van der Waals surface area contributed by atoms with Crippen molar-refractivity contribution >= 4 is 27.6 Å². The quantitative estimate of drug-likeness (QED) is 0.721. The lowest BCUT2D eigenvalue weighted by Crippen LogP contribution is -2.14. The zero-order valence-electron chi connectivity index (χ0n) is 7.53. The summed E-state index contributed by atoms with van der Waals surface area (Å²) in [5.41, 5.74) is 1.62. The van der Waals surface area contributed by atoms with Crippen LogP contribution >= 0.6 is 15.9 Å². The van der Waals surface area contributed by atoms with E-state index < -0.39 is 0 Å². The van der Waals surface area contributed by atoms with E-state index in [4.69, 9.17) is 0 Å². The Kier molecular flexibility index (Phi) is 2.37. The predicted molar refractivity (Wildman–Crippen MR) is 55.9 cm³/mol. The van der Waals surface area contributed by atoms with Gasteiger partial charge in [0.1, 0.15) is 11.6 Å². The van der Waals surface area contributed by atoms with Crippen molar-refractivity contribution in [2.24, 2.45) is 11.1 Å². The van der Waals surface area contributed by atoms with Crippen molar-refractivity contribution in [1.29, 1.82) is 0 Å². The number of rotatable bonds is 1. The monoisotopic (exact) mass is 253 g/mol. The number of carbonyl (C=O) groups excluding carboxylic acids is 1. The number of hydrogen-bond donors (Lipinski definition) is 0. The van der Waals surface area contributed by atoms with Crippen LogP contribution in [0.4, 0.5) is 0 Å². The van der Waals surface area contributed by atoms with E-state index in [1.54, 1.807) is 6.92 Å². The van der Waals surface area contributed by atoms with Crippen molar-refractivity contribution in [3.8, 4) is 0 Å². The third-order valence-electron chi connectivity index (χ3n) is 2.14. The molecule has 1 heterocycles. The average Bonchev–Trinajstić information content (AvgIpc) is 2.50. The van der Waals surface area contributed by atoms with Crippen LogP contribution in [0.1, 0.15) is 12.5 Å². The van der Waals surface area contributed by atoms with Crippen molar-refractivity contribution in [2.75, 3.05) is 0 Å². The van der Waals surface area contributed by atoms with Crippen molar-refractivity contribution in [3.05, 3.63) is 34.3 Å². The Morgan fingerprint density at radius 1 is 1.36 bits per heavy atom. The molecule has 0 spiro atoms. The van der Waals surface area contributed by atoms with Crippen LogP contribution in [0.3, 0.4) is 0 Å². The summed E-state index contributed by atoms with van der Waals surface area (Å²) >= 11 is 3.34. The van der Waals surface area contributed by atoms with Crippen LogP contribution in [-0.4, -0.2) is 11.7 Å². The molecule has 1 atom stereocenters. The first kappa shape index (κ1) is 9.40. The first-order chi connectivity index (χ1) is 6.68. The molecule has 1 aromatic rings. The number of hydrogen-bond acceptors (Lipinski definition) is 3. The van der Waals surface area contributed by atoms with Crippen LogP contribution in [0.25, 0.3) is 0 Å². The standard InChI is InChI=1S/C10H8BrNO2/c1-6-9(12-14-10(6)13)7-2-4-8(11)5-3-7/h2-6H,1H3. The maximum atomic E-state index is 11.1. The van der Waals surface area contributed by atoms with E-state index in [1.807, 2.05) is 24.3 Å². The summed E-state index contributed by atoms with van der Waals surface area (Å²) in [4.78, 5) is 15.7. The van der Waals surface area contributed by atoms with E-state index >= 15 is 0 Å². The van der Waals surface area contributed by atoms with Gasteiger partial charge in [0.15, 0.2) is 0 Å². The fraction of sp³-hybridized carbons (Fsp3) is 0.200. The second-order valence-corrected chi connectivity index (χ2v) is 4.03. The first-order valence-electron chi connectivity index (χ1n) is 4.23. The molecule has 1 unspecified atom stereocenters. The van der Waals surface area contributed by atoms with E-state index in [1.165, 1.54) is 0 Å². The van der Waals surface area contributed by atoms with Crippen LogP contribution in [0.2, 0.25) is 0 Å². The largest absolute Gasteiger partial charge is 0.343 e. The van der Waals surface area contributed by atoms with Gasteiger partial charge in [0, 0.05) is 10.0 Å². The third kappa shape index (κ3) is 1.57. The number of oxime groups is 1. The smallest absolute Gasteiger partial charge is 0.317 e. The average molecular weight is 254 g/mol. The molecule has 0 radical (unpaired) electrons. The third-order valence-corrected chi connectivity index (χ3v) is 2.67. The fourth-order valence-electron chi connectivity index (χ4n) is 1.29. The van der Waals surface area contributed by atoms with E-state index in [9.17, 15) is 4.79 Å². The predicted octanol–water partition coefficient (Wildman–Crippen LogP) is 2.35. The number of halogens is 1. The van der Waals surface area contributed by atoms with Gasteiger partial charge in [-0.05, 0) is 19.1 Å². The van der Waals surface area contributed by atoms with Gasteiger partial charge in [-0.1, -0.05) is 33.2 Å². The lowest BCUT2D eigenvalue weighted by Gasteiger charge is -2.02. The Balaban J connectivity index is 2.33. The molecule has 72 valence electrons. The lowest BCUT2D eigenvalue weighted by molar-refractivity contribution is -0.142. The molecular weight excluding hydrogens is 246 g/mol. The second-order valence-electron chi connectivity index (χ2n) is 3.12. The molecule has 2 rings (SSSR count). The van der Waals surface area contributed by atoms with Crippen molar-refractivity contribution in [3.63, 3.8) is 0 Å². The Morgan fingerprint density at radius 2 is 2.00 bits per heavy atom. The Hall–Kier alpha value is -1.16. The molecule has 0 saturated carbocycles. The Bertz CT molecular complexity index is 397. The maximum Gasteiger partial charge on any atom is 0.343 e. The molecule has 0 bridgehead atoms. The zero-order chi connectivity index (χ0) is 10.1. The minimum absolute atomic E-state index is 0.267. The molecule has 0 aliphatic carbocycles. The molecule has 0 fully saturated rings. The SMILES string of the molecule is CC1C(=O)ON=C1c1ccc(Br)cc1. The topological polar surface area (TPSA) is 38.7 Å². The number of nitrogens with zero attached hydrogens (tertiary/aromatic N) is 1. The molecule has 0 saturated heterocycles. The van der Waals surface area contributed by atoms with Gasteiger partial charge in [-0.2, -0.15) is 0 Å². The highest BCUT2D eigenvalue weighted by Gasteiger charge is 2.28. The molecule has 1 aliphatic rings. The van der Waals surface area contributed by atoms with Gasteiger partial charge in [-0.3, -0.25) is 0 Å². The number of benzene rings is 1. The highest BCUT2D eigenvalue weighted by molar-refractivity contribution is 9.10. The molecular formula is C10H8BrNO2. The summed E-state index contributed by atoms with van der Waals surface area (Å²) in [7, 11) is 0. The van der Waals surface area contributed by atoms with Gasteiger partial charge in [0.05, 0.1) is 0 Å². The summed E-state index contributed by atoms with van der Waals surface area (Å²) in [6, 6.07) is 7.63. The summed E-state index contributed by atoms with van der Waals surface area (Å²) < 4.78 is 1.000. The molecule has 0 amide bonds. The summed E-state index contributed by atoms with van der Waals surface area (Å²) in [6.07, 6.45) is 0. The molecule has 3 nitrogen and oxygen atoms in total. The van der Waals surface area contributed by atoms with Crippen LogP contribution in [0, 0.1) is 5.92 Å². The van der Waals surface area contributed by atoms with Gasteiger partial charge < -0.3 is 4.84 Å². The van der Waals surface area contributed by atoms with Gasteiger partial charge in [-0.25, -0.2) is 4.79 Å². The Labute approximate surface area is 89.9 Å². The molecule has 4 heteroatoms. The summed E-state index contributed by atoms with van der Waals surface area (Å²) in [5, 5.41) is 3.75. The van der Waals surface area contributed by atoms with Crippen LogP contribution < -0.4 is 0 Å². The lowest BCUT2D eigenvalue weighted by atomic mass is 9.99. The van der Waals surface area contributed by atoms with Gasteiger partial charge >= 0.3 is 5.97 Å². The van der Waals surface area contributed by atoms with Gasteiger partial charge in [0.2, 0.25) is 0 Å². The summed E-state index contributed by atoms with van der Waals surface area (Å²) in [6.45, 7) is 1.79. The van der Waals surface area contributed by atoms with Crippen molar-refractivity contribution < 1.29 is 9.63 Å². The van der Waals surface area contributed by atoms with Gasteiger partial charge in [0.25, 0.3) is 0 Å². The maximum absolute atomic E-state index is 11.1. The van der Waals surface area contributed by atoms with Crippen LogP contribution in [0.5, 0.6) is 0 Å². The first-order valence-corrected chi connectivity index (χ1v) is 5.02. The zero-order valence-corrected chi connectivity index (χ0v) is 9.11. The molecule has 0 N–H and O–H groups in total. The summed E-state index contributed by atoms with van der Waals surface area (Å²) in [5.74, 6) is -0.556. The van der Waals surface area contributed by atoms with E-state index in [0.29, 0.717) is 5.71 Å². The second kappa shape index (κ2) is 3.53. The molecule has 1 aromatic carbocycles.